The lowest BCUT2D eigenvalue weighted by atomic mass is 10.2. The van der Waals surface area contributed by atoms with Crippen molar-refractivity contribution in [2.24, 2.45) is 0 Å². The number of hydrogen-bond acceptors (Lipinski definition) is 5. The lowest BCUT2D eigenvalue weighted by molar-refractivity contribution is 0.0520. The molecule has 2 rings (SSSR count). The van der Waals surface area contributed by atoms with Crippen molar-refractivity contribution in [1.82, 2.24) is 19.7 Å². The molecule has 0 spiro atoms. The lowest BCUT2D eigenvalue weighted by Gasteiger charge is -2.06. The highest BCUT2D eigenvalue weighted by atomic mass is 35.5. The van der Waals surface area contributed by atoms with Crippen molar-refractivity contribution in [1.29, 1.82) is 0 Å². The summed E-state index contributed by atoms with van der Waals surface area (Å²) in [6.45, 7) is 3.89. The molecule has 1 atom stereocenters. The quantitative estimate of drug-likeness (QED) is 0.636. The number of esters is 1. The molecular weight excluding hydrogens is 322 g/mol. The van der Waals surface area contributed by atoms with E-state index in [9.17, 15) is 4.79 Å². The fourth-order valence-electron chi connectivity index (χ4n) is 1.55. The molecule has 0 saturated heterocycles. The Morgan fingerprint density at radius 1 is 1.45 bits per heavy atom. The summed E-state index contributed by atoms with van der Waals surface area (Å²) in [6.07, 6.45) is 1.42. The van der Waals surface area contributed by atoms with Crippen LogP contribution in [0.25, 0.3) is 11.4 Å². The lowest BCUT2D eigenvalue weighted by Crippen LogP contribution is -2.07. The van der Waals surface area contributed by atoms with Crippen LogP contribution in [0.15, 0.2) is 12.3 Å². The standard InChI is InChI=1S/C11H11Cl2N4O2P/c1-3-19-11(18)9-10(17(20-2)16-15-9)8-4-6(12)7(13)5-14-8/h4-5,20H,3H2,1-2H3. The van der Waals surface area contributed by atoms with Crippen molar-refractivity contribution in [2.75, 3.05) is 13.3 Å². The molecule has 20 heavy (non-hydrogen) atoms. The van der Waals surface area contributed by atoms with E-state index in [2.05, 4.69) is 15.3 Å². The highest BCUT2D eigenvalue weighted by molar-refractivity contribution is 7.35. The first kappa shape index (κ1) is 15.2. The minimum Gasteiger partial charge on any atom is -0.461 e. The smallest absolute Gasteiger partial charge is 0.361 e. The normalized spacial score (nSPS) is 11.2. The molecule has 0 fully saturated rings. The van der Waals surface area contributed by atoms with Crippen LogP contribution in [0.3, 0.4) is 0 Å². The van der Waals surface area contributed by atoms with Gasteiger partial charge in [0.2, 0.25) is 0 Å². The van der Waals surface area contributed by atoms with Crippen LogP contribution in [-0.4, -0.2) is 39.0 Å². The van der Waals surface area contributed by atoms with Crippen molar-refractivity contribution in [3.63, 3.8) is 0 Å². The van der Waals surface area contributed by atoms with Crippen LogP contribution in [0.2, 0.25) is 10.0 Å². The average Bonchev–Trinajstić information content (AvgIpc) is 2.86. The maximum Gasteiger partial charge on any atom is 0.361 e. The van der Waals surface area contributed by atoms with E-state index in [0.717, 1.165) is 0 Å². The molecule has 0 N–H and O–H groups in total. The Morgan fingerprint density at radius 3 is 2.80 bits per heavy atom. The number of aromatic nitrogens is 4. The highest BCUT2D eigenvalue weighted by Gasteiger charge is 2.23. The fourth-order valence-corrected chi connectivity index (χ4v) is 2.38. The van der Waals surface area contributed by atoms with E-state index in [1.54, 1.807) is 17.4 Å². The first-order valence-corrected chi connectivity index (χ1v) is 7.90. The predicted molar refractivity (Wildman–Crippen MR) is 78.9 cm³/mol. The molecule has 0 radical (unpaired) electrons. The zero-order valence-electron chi connectivity index (χ0n) is 10.7. The molecule has 2 aromatic rings. The van der Waals surface area contributed by atoms with Gasteiger partial charge >= 0.3 is 5.97 Å². The zero-order valence-corrected chi connectivity index (χ0v) is 13.2. The van der Waals surface area contributed by atoms with E-state index in [-0.39, 0.29) is 21.0 Å². The van der Waals surface area contributed by atoms with Gasteiger partial charge in [-0.05, 0) is 19.7 Å². The molecule has 9 heteroatoms. The fraction of sp³-hybridized carbons (Fsp3) is 0.273. The van der Waals surface area contributed by atoms with Gasteiger partial charge in [-0.15, -0.1) is 5.10 Å². The van der Waals surface area contributed by atoms with Crippen LogP contribution in [0.5, 0.6) is 0 Å². The second-order valence-electron chi connectivity index (χ2n) is 3.63. The van der Waals surface area contributed by atoms with Crippen LogP contribution in [0, 0.1) is 0 Å². The third-order valence-electron chi connectivity index (χ3n) is 2.40. The number of carbonyl (C=O) groups excluding carboxylic acids is 1. The van der Waals surface area contributed by atoms with Crippen LogP contribution in [0.4, 0.5) is 0 Å². The van der Waals surface area contributed by atoms with Crippen molar-refractivity contribution < 1.29 is 9.53 Å². The van der Waals surface area contributed by atoms with E-state index in [0.29, 0.717) is 21.4 Å². The van der Waals surface area contributed by atoms with Gasteiger partial charge in [0.05, 0.1) is 22.3 Å². The van der Waals surface area contributed by atoms with E-state index in [1.807, 2.05) is 6.66 Å². The van der Waals surface area contributed by atoms with Gasteiger partial charge in [0.1, 0.15) is 5.69 Å². The Balaban J connectivity index is 2.55. The van der Waals surface area contributed by atoms with Gasteiger partial charge in [0.15, 0.2) is 5.69 Å². The molecule has 0 aliphatic rings. The summed E-state index contributed by atoms with van der Waals surface area (Å²) in [5.74, 6) is -0.542. The SMILES string of the molecule is CCOC(=O)c1nnn(PC)c1-c1cc(Cl)c(Cl)cn1. The summed E-state index contributed by atoms with van der Waals surface area (Å²) in [7, 11) is 0.283. The minimum absolute atomic E-state index is 0.118. The second-order valence-corrected chi connectivity index (χ2v) is 5.31. The molecule has 106 valence electrons. The monoisotopic (exact) mass is 332 g/mol. The van der Waals surface area contributed by atoms with Crippen LogP contribution < -0.4 is 0 Å². The van der Waals surface area contributed by atoms with Gasteiger partial charge in [-0.25, -0.2) is 9.25 Å². The van der Waals surface area contributed by atoms with Gasteiger partial charge in [-0.3, -0.25) is 4.98 Å². The highest BCUT2D eigenvalue weighted by Crippen LogP contribution is 2.30. The Hall–Kier alpha value is -1.23. The maximum absolute atomic E-state index is 11.9. The summed E-state index contributed by atoms with van der Waals surface area (Å²) in [5.41, 5.74) is 1.07. The zero-order chi connectivity index (χ0) is 14.7. The van der Waals surface area contributed by atoms with Crippen molar-refractivity contribution in [2.45, 2.75) is 6.92 Å². The molecule has 0 amide bonds. The van der Waals surface area contributed by atoms with E-state index in [1.165, 1.54) is 6.20 Å². The molecule has 6 nitrogen and oxygen atoms in total. The Labute approximate surface area is 127 Å². The summed E-state index contributed by atoms with van der Waals surface area (Å²) in [5, 5.41) is 8.48. The molecule has 2 aromatic heterocycles. The third kappa shape index (κ3) is 2.92. The maximum atomic E-state index is 11.9. The predicted octanol–water partition coefficient (Wildman–Crippen LogP) is 2.90. The Morgan fingerprint density at radius 2 is 2.20 bits per heavy atom. The van der Waals surface area contributed by atoms with Crippen molar-refractivity contribution in [3.05, 3.63) is 28.0 Å². The largest absolute Gasteiger partial charge is 0.461 e. The minimum atomic E-state index is -0.542. The number of ether oxygens (including phenoxy) is 1. The van der Waals surface area contributed by atoms with Gasteiger partial charge in [-0.2, -0.15) is 0 Å². The molecule has 0 bridgehead atoms. The van der Waals surface area contributed by atoms with Crippen LogP contribution >= 0.6 is 31.9 Å². The summed E-state index contributed by atoms with van der Waals surface area (Å²) >= 11 is 11.8. The van der Waals surface area contributed by atoms with E-state index in [4.69, 9.17) is 27.9 Å². The van der Waals surface area contributed by atoms with Crippen LogP contribution in [0.1, 0.15) is 17.4 Å². The molecule has 1 unspecified atom stereocenters. The van der Waals surface area contributed by atoms with Gasteiger partial charge in [-0.1, -0.05) is 28.4 Å². The summed E-state index contributed by atoms with van der Waals surface area (Å²) in [4.78, 5) is 16.1. The molecule has 0 aliphatic heterocycles. The summed E-state index contributed by atoms with van der Waals surface area (Å²) in [6, 6.07) is 1.57. The topological polar surface area (TPSA) is 69.9 Å². The molecule has 0 aliphatic carbocycles. The number of rotatable bonds is 4. The van der Waals surface area contributed by atoms with Crippen molar-refractivity contribution in [3.8, 4) is 11.4 Å². The van der Waals surface area contributed by atoms with Gasteiger partial charge < -0.3 is 4.74 Å². The van der Waals surface area contributed by atoms with Gasteiger partial charge in [0.25, 0.3) is 0 Å². The number of nitrogens with zero attached hydrogens (tertiary/aromatic N) is 4. The van der Waals surface area contributed by atoms with E-state index >= 15 is 0 Å². The number of hydrogen-bond donors (Lipinski definition) is 0. The second kappa shape index (κ2) is 6.48. The summed E-state index contributed by atoms with van der Waals surface area (Å²) < 4.78 is 6.55. The number of carbonyl (C=O) groups is 1. The molecule has 0 aromatic carbocycles. The Bertz CT molecular complexity index is 647. The first-order valence-electron chi connectivity index (χ1n) is 5.70. The van der Waals surface area contributed by atoms with Crippen molar-refractivity contribution >= 4 is 37.9 Å². The molecule has 2 heterocycles. The average molecular weight is 333 g/mol. The molecular formula is C11H11Cl2N4O2P. The Kier molecular flexibility index (Phi) is 4.91. The molecule has 0 saturated carbocycles. The number of pyridine rings is 1. The van der Waals surface area contributed by atoms with E-state index < -0.39 is 5.97 Å². The first-order chi connectivity index (χ1) is 9.58. The number of halogens is 2. The van der Waals surface area contributed by atoms with Crippen LogP contribution in [-0.2, 0) is 4.74 Å². The third-order valence-corrected chi connectivity index (χ3v) is 3.85. The van der Waals surface area contributed by atoms with Gasteiger partial charge in [0, 0.05) is 14.9 Å².